The van der Waals surface area contributed by atoms with Crippen molar-refractivity contribution in [2.45, 2.75) is 0 Å². The van der Waals surface area contributed by atoms with Crippen molar-refractivity contribution in [1.29, 1.82) is 0 Å². The monoisotopic (exact) mass is 363 g/mol. The van der Waals surface area contributed by atoms with Gasteiger partial charge in [0.2, 0.25) is 0 Å². The standard InChI is InChI=1S/C20H28N2O2.ClH/c1-22(2)14-12-21-13-15-23-16-17-24-20-11-7-6-10-19(20)18-8-4-3-5-9-18;/h3-11,21H,12-17H2,1-2H3;1H/p-1. The van der Waals surface area contributed by atoms with Crippen molar-refractivity contribution in [3.05, 3.63) is 54.6 Å². The van der Waals surface area contributed by atoms with Gasteiger partial charge in [-0.05, 0) is 25.7 Å². The van der Waals surface area contributed by atoms with E-state index in [-0.39, 0.29) is 12.4 Å². The van der Waals surface area contributed by atoms with Crippen molar-refractivity contribution in [2.24, 2.45) is 0 Å². The predicted molar refractivity (Wildman–Crippen MR) is 99.6 cm³/mol. The van der Waals surface area contributed by atoms with Gasteiger partial charge in [0.25, 0.3) is 0 Å². The van der Waals surface area contributed by atoms with Crippen molar-refractivity contribution in [1.82, 2.24) is 10.2 Å². The third-order valence-electron chi connectivity index (χ3n) is 3.62. The molecule has 0 aromatic heterocycles. The van der Waals surface area contributed by atoms with E-state index in [9.17, 15) is 0 Å². The van der Waals surface area contributed by atoms with Crippen molar-refractivity contribution in [3.63, 3.8) is 0 Å². The molecule has 2 aromatic rings. The van der Waals surface area contributed by atoms with E-state index in [1.165, 1.54) is 5.56 Å². The van der Waals surface area contributed by atoms with Gasteiger partial charge >= 0.3 is 0 Å². The average molecular weight is 364 g/mol. The zero-order valence-electron chi connectivity index (χ0n) is 15.1. The second-order valence-corrected chi connectivity index (χ2v) is 5.88. The third-order valence-corrected chi connectivity index (χ3v) is 3.62. The minimum absolute atomic E-state index is 0. The van der Waals surface area contributed by atoms with Gasteiger partial charge in [0.1, 0.15) is 12.4 Å². The number of nitrogens with zero attached hydrogens (tertiary/aromatic N) is 1. The summed E-state index contributed by atoms with van der Waals surface area (Å²) in [5.74, 6) is 0.899. The van der Waals surface area contributed by atoms with Crippen LogP contribution in [0.3, 0.4) is 0 Å². The number of hydrogen-bond donors (Lipinski definition) is 1. The van der Waals surface area contributed by atoms with Crippen molar-refractivity contribution in [2.75, 3.05) is 53.6 Å². The minimum Gasteiger partial charge on any atom is -1.00 e. The first-order chi connectivity index (χ1) is 11.8. The largest absolute Gasteiger partial charge is 1.00 e. The Morgan fingerprint density at radius 1 is 0.840 bits per heavy atom. The quantitative estimate of drug-likeness (QED) is 0.566. The van der Waals surface area contributed by atoms with E-state index in [0.717, 1.165) is 30.9 Å². The lowest BCUT2D eigenvalue weighted by Crippen LogP contribution is -3.00. The molecule has 0 unspecified atom stereocenters. The molecule has 0 amide bonds. The molecule has 25 heavy (non-hydrogen) atoms. The molecule has 5 heteroatoms. The van der Waals surface area contributed by atoms with E-state index in [0.29, 0.717) is 19.8 Å². The Morgan fingerprint density at radius 3 is 2.32 bits per heavy atom. The molecule has 0 fully saturated rings. The lowest BCUT2D eigenvalue weighted by atomic mass is 10.1. The fourth-order valence-electron chi connectivity index (χ4n) is 2.33. The number of nitrogens with one attached hydrogen (secondary N) is 1. The average Bonchev–Trinajstić information content (AvgIpc) is 2.61. The second-order valence-electron chi connectivity index (χ2n) is 5.88. The Hall–Kier alpha value is -1.59. The van der Waals surface area contributed by atoms with Crippen molar-refractivity contribution < 1.29 is 21.9 Å². The number of rotatable bonds is 11. The highest BCUT2D eigenvalue weighted by molar-refractivity contribution is 5.70. The maximum absolute atomic E-state index is 5.90. The van der Waals surface area contributed by atoms with Gasteiger partial charge < -0.3 is 32.1 Å². The van der Waals surface area contributed by atoms with Crippen LogP contribution >= 0.6 is 0 Å². The molecule has 0 aliphatic rings. The normalized spacial score (nSPS) is 10.5. The predicted octanol–water partition coefficient (Wildman–Crippen LogP) is -0.0958. The summed E-state index contributed by atoms with van der Waals surface area (Å²) in [4.78, 5) is 2.16. The molecule has 0 bridgehead atoms. The first kappa shape index (κ1) is 21.5. The number of ether oxygens (including phenoxy) is 2. The molecule has 0 radical (unpaired) electrons. The molecule has 138 valence electrons. The highest BCUT2D eigenvalue weighted by Crippen LogP contribution is 2.29. The number of benzene rings is 2. The zero-order chi connectivity index (χ0) is 17.0. The molecular formula is C20H28ClN2O2-. The van der Waals surface area contributed by atoms with Crippen LogP contribution in [0.1, 0.15) is 0 Å². The van der Waals surface area contributed by atoms with E-state index in [2.05, 4.69) is 42.5 Å². The molecule has 0 aliphatic carbocycles. The second kappa shape index (κ2) is 12.7. The van der Waals surface area contributed by atoms with Gasteiger partial charge in [0, 0.05) is 25.2 Å². The lowest BCUT2D eigenvalue weighted by molar-refractivity contribution is -0.00000571. The van der Waals surface area contributed by atoms with Crippen molar-refractivity contribution in [3.8, 4) is 16.9 Å². The van der Waals surface area contributed by atoms with E-state index >= 15 is 0 Å². The SMILES string of the molecule is CN(C)CCNCCOCCOc1ccccc1-c1ccccc1.[Cl-]. The van der Waals surface area contributed by atoms with Gasteiger partial charge in [-0.3, -0.25) is 0 Å². The van der Waals surface area contributed by atoms with Gasteiger partial charge in [-0.2, -0.15) is 0 Å². The molecular weight excluding hydrogens is 336 g/mol. The van der Waals surface area contributed by atoms with Gasteiger partial charge in [-0.25, -0.2) is 0 Å². The molecule has 2 rings (SSSR count). The Morgan fingerprint density at radius 2 is 1.56 bits per heavy atom. The molecule has 0 heterocycles. The van der Waals surface area contributed by atoms with E-state index in [4.69, 9.17) is 9.47 Å². The molecule has 0 spiro atoms. The van der Waals surface area contributed by atoms with Crippen LogP contribution in [0.25, 0.3) is 11.1 Å². The third kappa shape index (κ3) is 8.36. The molecule has 4 nitrogen and oxygen atoms in total. The molecule has 0 aliphatic heterocycles. The van der Waals surface area contributed by atoms with Crippen LogP contribution in [0.5, 0.6) is 5.75 Å². The summed E-state index contributed by atoms with van der Waals surface area (Å²) in [6.07, 6.45) is 0. The van der Waals surface area contributed by atoms with Gasteiger partial charge in [-0.1, -0.05) is 48.5 Å². The summed E-state index contributed by atoms with van der Waals surface area (Å²) in [6, 6.07) is 18.4. The van der Waals surface area contributed by atoms with Crippen molar-refractivity contribution >= 4 is 0 Å². The van der Waals surface area contributed by atoms with Crippen LogP contribution in [-0.4, -0.2) is 58.5 Å². The Balaban J connectivity index is 0.00000312. The molecule has 2 aromatic carbocycles. The fraction of sp³-hybridized carbons (Fsp3) is 0.400. The minimum atomic E-state index is 0. The van der Waals surface area contributed by atoms with Gasteiger partial charge in [0.05, 0.1) is 13.2 Å². The summed E-state index contributed by atoms with van der Waals surface area (Å²) < 4.78 is 11.5. The number of para-hydroxylation sites is 1. The van der Waals surface area contributed by atoms with E-state index in [1.807, 2.05) is 36.4 Å². The molecule has 0 saturated carbocycles. The van der Waals surface area contributed by atoms with Crippen LogP contribution in [0.4, 0.5) is 0 Å². The number of hydrogen-bond acceptors (Lipinski definition) is 4. The lowest BCUT2D eigenvalue weighted by Gasteiger charge is -2.12. The van der Waals surface area contributed by atoms with Gasteiger partial charge in [-0.15, -0.1) is 0 Å². The number of halogens is 1. The van der Waals surface area contributed by atoms with Crippen LogP contribution in [-0.2, 0) is 4.74 Å². The van der Waals surface area contributed by atoms with E-state index in [1.54, 1.807) is 0 Å². The summed E-state index contributed by atoms with van der Waals surface area (Å²) >= 11 is 0. The van der Waals surface area contributed by atoms with Crippen LogP contribution < -0.4 is 22.5 Å². The summed E-state index contributed by atoms with van der Waals surface area (Å²) in [6.45, 7) is 4.75. The Labute approximate surface area is 157 Å². The molecule has 0 saturated heterocycles. The first-order valence-corrected chi connectivity index (χ1v) is 8.48. The maximum Gasteiger partial charge on any atom is 0.127 e. The smallest absolute Gasteiger partial charge is 0.127 e. The van der Waals surface area contributed by atoms with Gasteiger partial charge in [0.15, 0.2) is 0 Å². The summed E-state index contributed by atoms with van der Waals surface area (Å²) in [5.41, 5.74) is 2.28. The maximum atomic E-state index is 5.90. The van der Waals surface area contributed by atoms with Crippen LogP contribution in [0, 0.1) is 0 Å². The number of likely N-dealkylation sites (N-methyl/N-ethyl adjacent to an activating group) is 1. The van der Waals surface area contributed by atoms with Crippen LogP contribution in [0.15, 0.2) is 54.6 Å². The fourth-order valence-corrected chi connectivity index (χ4v) is 2.33. The first-order valence-electron chi connectivity index (χ1n) is 8.48. The molecule has 0 atom stereocenters. The van der Waals surface area contributed by atoms with Crippen LogP contribution in [0.2, 0.25) is 0 Å². The van der Waals surface area contributed by atoms with E-state index < -0.39 is 0 Å². The summed E-state index contributed by atoms with van der Waals surface area (Å²) in [7, 11) is 4.14. The highest BCUT2D eigenvalue weighted by atomic mass is 35.5. The topological polar surface area (TPSA) is 33.7 Å². The Bertz CT molecular complexity index is 579. The highest BCUT2D eigenvalue weighted by Gasteiger charge is 2.04. The molecule has 1 N–H and O–H groups in total. The zero-order valence-corrected chi connectivity index (χ0v) is 15.8. The Kier molecular flexibility index (Phi) is 10.9. The summed E-state index contributed by atoms with van der Waals surface area (Å²) in [5, 5.41) is 3.35.